The number of aryl methyl sites for hydroxylation is 1. The van der Waals surface area contributed by atoms with Gasteiger partial charge < -0.3 is 10.1 Å². The summed E-state index contributed by atoms with van der Waals surface area (Å²) >= 11 is 5.88. The third kappa shape index (κ3) is 4.54. The highest BCUT2D eigenvalue weighted by atomic mass is 35.5. The van der Waals surface area contributed by atoms with Gasteiger partial charge in [0.2, 0.25) is 0 Å². The maximum Gasteiger partial charge on any atom is 0.123 e. The van der Waals surface area contributed by atoms with Crippen LogP contribution in [0.2, 0.25) is 5.02 Å². The predicted octanol–water partition coefficient (Wildman–Crippen LogP) is 3.03. The SMILES string of the molecule is Cc1ccc(Cl)cc1OCCNC(C)C. The van der Waals surface area contributed by atoms with E-state index in [-0.39, 0.29) is 0 Å². The number of nitrogens with one attached hydrogen (secondary N) is 1. The van der Waals surface area contributed by atoms with Crippen molar-refractivity contribution in [3.63, 3.8) is 0 Å². The second-order valence-electron chi connectivity index (χ2n) is 3.87. The van der Waals surface area contributed by atoms with Crippen LogP contribution in [0.15, 0.2) is 18.2 Å². The van der Waals surface area contributed by atoms with Crippen molar-refractivity contribution in [3.8, 4) is 5.75 Å². The van der Waals surface area contributed by atoms with Crippen LogP contribution < -0.4 is 10.1 Å². The Morgan fingerprint density at radius 2 is 2.13 bits per heavy atom. The van der Waals surface area contributed by atoms with Gasteiger partial charge in [0.25, 0.3) is 0 Å². The molecule has 0 aliphatic carbocycles. The molecule has 0 saturated heterocycles. The van der Waals surface area contributed by atoms with Gasteiger partial charge in [-0.15, -0.1) is 0 Å². The molecule has 0 amide bonds. The van der Waals surface area contributed by atoms with Crippen molar-refractivity contribution in [2.75, 3.05) is 13.2 Å². The van der Waals surface area contributed by atoms with Gasteiger partial charge in [0, 0.05) is 17.6 Å². The lowest BCUT2D eigenvalue weighted by molar-refractivity contribution is 0.307. The number of benzene rings is 1. The minimum absolute atomic E-state index is 0.494. The van der Waals surface area contributed by atoms with Gasteiger partial charge in [-0.2, -0.15) is 0 Å². The minimum atomic E-state index is 0.494. The van der Waals surface area contributed by atoms with Gasteiger partial charge in [0.05, 0.1) is 0 Å². The molecule has 2 nitrogen and oxygen atoms in total. The summed E-state index contributed by atoms with van der Waals surface area (Å²) < 4.78 is 5.62. The Balaban J connectivity index is 2.40. The van der Waals surface area contributed by atoms with Gasteiger partial charge in [0.15, 0.2) is 0 Å². The van der Waals surface area contributed by atoms with Crippen LogP contribution in [0.5, 0.6) is 5.75 Å². The minimum Gasteiger partial charge on any atom is -0.492 e. The quantitative estimate of drug-likeness (QED) is 0.781. The normalized spacial score (nSPS) is 10.7. The number of halogens is 1. The van der Waals surface area contributed by atoms with Crippen LogP contribution in [0, 0.1) is 6.92 Å². The van der Waals surface area contributed by atoms with Crippen molar-refractivity contribution in [3.05, 3.63) is 28.8 Å². The van der Waals surface area contributed by atoms with Gasteiger partial charge in [-0.25, -0.2) is 0 Å². The third-order valence-corrected chi connectivity index (χ3v) is 2.30. The Morgan fingerprint density at radius 3 is 2.80 bits per heavy atom. The molecule has 0 aliphatic rings. The first-order chi connectivity index (χ1) is 7.09. The summed E-state index contributed by atoms with van der Waals surface area (Å²) in [4.78, 5) is 0. The van der Waals surface area contributed by atoms with Crippen LogP contribution in [-0.2, 0) is 0 Å². The molecule has 0 unspecified atom stereocenters. The van der Waals surface area contributed by atoms with Gasteiger partial charge in [-0.05, 0) is 24.6 Å². The fourth-order valence-corrected chi connectivity index (χ4v) is 1.40. The number of rotatable bonds is 5. The fourth-order valence-electron chi connectivity index (χ4n) is 1.24. The first-order valence-corrected chi connectivity index (χ1v) is 5.59. The maximum absolute atomic E-state index is 5.88. The van der Waals surface area contributed by atoms with E-state index in [0.717, 1.165) is 17.9 Å². The Hall–Kier alpha value is -0.730. The van der Waals surface area contributed by atoms with Crippen LogP contribution in [0.4, 0.5) is 0 Å². The van der Waals surface area contributed by atoms with Crippen molar-refractivity contribution in [1.82, 2.24) is 5.32 Å². The van der Waals surface area contributed by atoms with Gasteiger partial charge in [-0.3, -0.25) is 0 Å². The average Bonchev–Trinajstić information content (AvgIpc) is 2.17. The van der Waals surface area contributed by atoms with E-state index in [2.05, 4.69) is 19.2 Å². The van der Waals surface area contributed by atoms with Crippen LogP contribution in [0.1, 0.15) is 19.4 Å². The van der Waals surface area contributed by atoms with E-state index in [0.29, 0.717) is 17.7 Å². The summed E-state index contributed by atoms with van der Waals surface area (Å²) in [6, 6.07) is 6.18. The van der Waals surface area contributed by atoms with Crippen molar-refractivity contribution in [2.45, 2.75) is 26.8 Å². The molecule has 3 heteroatoms. The lowest BCUT2D eigenvalue weighted by Gasteiger charge is -2.11. The van der Waals surface area contributed by atoms with Gasteiger partial charge in [0.1, 0.15) is 12.4 Å². The standard InChI is InChI=1S/C12H18ClNO/c1-9(2)14-6-7-15-12-8-11(13)5-4-10(12)3/h4-5,8-9,14H,6-7H2,1-3H3. The highest BCUT2D eigenvalue weighted by molar-refractivity contribution is 6.30. The van der Waals surface area contributed by atoms with Gasteiger partial charge >= 0.3 is 0 Å². The summed E-state index contributed by atoms with van der Waals surface area (Å²) in [5.74, 6) is 0.869. The van der Waals surface area contributed by atoms with Crippen LogP contribution in [0.3, 0.4) is 0 Å². The molecule has 15 heavy (non-hydrogen) atoms. The molecule has 0 saturated carbocycles. The molecular formula is C12H18ClNO. The average molecular weight is 228 g/mol. The second kappa shape index (κ2) is 5.99. The lowest BCUT2D eigenvalue weighted by atomic mass is 10.2. The zero-order valence-corrected chi connectivity index (χ0v) is 10.3. The van der Waals surface area contributed by atoms with E-state index in [4.69, 9.17) is 16.3 Å². The smallest absolute Gasteiger partial charge is 0.123 e. The number of ether oxygens (including phenoxy) is 1. The molecular weight excluding hydrogens is 210 g/mol. The summed E-state index contributed by atoms with van der Waals surface area (Å²) in [6.45, 7) is 7.76. The first kappa shape index (κ1) is 12.3. The Kier molecular flexibility index (Phi) is 4.92. The molecule has 0 aromatic heterocycles. The molecule has 0 radical (unpaired) electrons. The molecule has 0 aliphatic heterocycles. The Labute approximate surface area is 96.6 Å². The van der Waals surface area contributed by atoms with Crippen LogP contribution >= 0.6 is 11.6 Å². The van der Waals surface area contributed by atoms with E-state index in [1.807, 2.05) is 25.1 Å². The number of hydrogen-bond donors (Lipinski definition) is 1. The molecule has 0 atom stereocenters. The largest absolute Gasteiger partial charge is 0.492 e. The molecule has 84 valence electrons. The van der Waals surface area contributed by atoms with Crippen molar-refractivity contribution < 1.29 is 4.74 Å². The van der Waals surface area contributed by atoms with E-state index >= 15 is 0 Å². The molecule has 0 fully saturated rings. The fraction of sp³-hybridized carbons (Fsp3) is 0.500. The van der Waals surface area contributed by atoms with E-state index in [9.17, 15) is 0 Å². The van der Waals surface area contributed by atoms with Crippen molar-refractivity contribution in [2.24, 2.45) is 0 Å². The highest BCUT2D eigenvalue weighted by Gasteiger charge is 2.00. The van der Waals surface area contributed by atoms with E-state index < -0.39 is 0 Å². The molecule has 0 heterocycles. The van der Waals surface area contributed by atoms with E-state index in [1.165, 1.54) is 0 Å². The third-order valence-electron chi connectivity index (χ3n) is 2.06. The zero-order valence-electron chi connectivity index (χ0n) is 9.51. The Bertz CT molecular complexity index is 312. The van der Waals surface area contributed by atoms with Gasteiger partial charge in [-0.1, -0.05) is 31.5 Å². The maximum atomic E-state index is 5.88. The number of hydrogen-bond acceptors (Lipinski definition) is 2. The molecule has 1 aromatic rings. The summed E-state index contributed by atoms with van der Waals surface area (Å²) in [5, 5.41) is 4.01. The van der Waals surface area contributed by atoms with Crippen molar-refractivity contribution in [1.29, 1.82) is 0 Å². The molecule has 1 N–H and O–H groups in total. The highest BCUT2D eigenvalue weighted by Crippen LogP contribution is 2.22. The molecule has 0 spiro atoms. The zero-order chi connectivity index (χ0) is 11.3. The van der Waals surface area contributed by atoms with Crippen molar-refractivity contribution >= 4 is 11.6 Å². The summed E-state index contributed by atoms with van der Waals surface area (Å²) in [5.41, 5.74) is 1.11. The molecule has 0 bridgehead atoms. The first-order valence-electron chi connectivity index (χ1n) is 5.22. The Morgan fingerprint density at radius 1 is 1.40 bits per heavy atom. The molecule has 1 rings (SSSR count). The van der Waals surface area contributed by atoms with E-state index in [1.54, 1.807) is 0 Å². The monoisotopic (exact) mass is 227 g/mol. The lowest BCUT2D eigenvalue weighted by Crippen LogP contribution is -2.27. The predicted molar refractivity (Wildman–Crippen MR) is 64.8 cm³/mol. The summed E-state index contributed by atoms with van der Waals surface area (Å²) in [7, 11) is 0. The topological polar surface area (TPSA) is 21.3 Å². The molecule has 1 aromatic carbocycles. The summed E-state index contributed by atoms with van der Waals surface area (Å²) in [6.07, 6.45) is 0. The van der Waals surface area contributed by atoms with Crippen LogP contribution in [-0.4, -0.2) is 19.2 Å². The second-order valence-corrected chi connectivity index (χ2v) is 4.30. The van der Waals surface area contributed by atoms with Crippen LogP contribution in [0.25, 0.3) is 0 Å².